The zero-order valence-corrected chi connectivity index (χ0v) is 11.9. The molecule has 0 amide bonds. The number of aromatic nitrogens is 2. The Balaban J connectivity index is 2.80. The highest BCUT2D eigenvalue weighted by molar-refractivity contribution is 9.09. The lowest BCUT2D eigenvalue weighted by atomic mass is 9.82. The monoisotopic (exact) mass is 272 g/mol. The van der Waals surface area contributed by atoms with Crippen LogP contribution in [0.1, 0.15) is 32.2 Å². The second kappa shape index (κ2) is 4.69. The first kappa shape index (κ1) is 12.8. The Kier molecular flexibility index (Phi) is 3.99. The average molecular weight is 273 g/mol. The van der Waals surface area contributed by atoms with Gasteiger partial charge in [0.1, 0.15) is 0 Å². The predicted octanol–water partition coefficient (Wildman–Crippen LogP) is 3.56. The molecule has 1 atom stereocenters. The van der Waals surface area contributed by atoms with Gasteiger partial charge in [-0.3, -0.25) is 0 Å². The van der Waals surface area contributed by atoms with Crippen LogP contribution in [0.3, 0.4) is 0 Å². The van der Waals surface area contributed by atoms with E-state index in [9.17, 15) is 0 Å². The van der Waals surface area contributed by atoms with Gasteiger partial charge in [-0.05, 0) is 25.2 Å². The number of hydrogen-bond acceptors (Lipinski definition) is 1. The van der Waals surface area contributed by atoms with Gasteiger partial charge in [0.25, 0.3) is 0 Å². The van der Waals surface area contributed by atoms with Crippen molar-refractivity contribution in [1.82, 2.24) is 9.55 Å². The lowest BCUT2D eigenvalue weighted by molar-refractivity contribution is 0.238. The maximum atomic E-state index is 4.33. The van der Waals surface area contributed by atoms with Gasteiger partial charge >= 0.3 is 0 Å². The molecule has 0 saturated carbocycles. The molecule has 1 heterocycles. The lowest BCUT2D eigenvalue weighted by Crippen LogP contribution is -2.26. The molecule has 86 valence electrons. The Morgan fingerprint density at radius 2 is 2.00 bits per heavy atom. The summed E-state index contributed by atoms with van der Waals surface area (Å²) in [5, 5.41) is 1.03. The molecule has 0 bridgehead atoms. The predicted molar refractivity (Wildman–Crippen MR) is 68.4 cm³/mol. The Hall–Kier alpha value is -0.310. The number of nitrogens with zero attached hydrogens (tertiary/aromatic N) is 2. The third-order valence-electron chi connectivity index (χ3n) is 3.17. The first-order valence-electron chi connectivity index (χ1n) is 5.40. The SMILES string of the molecule is Cc1ncn(CC(CBr)C(C)(C)C)c1C. The largest absolute Gasteiger partial charge is 0.334 e. The zero-order chi connectivity index (χ0) is 11.6. The van der Waals surface area contributed by atoms with Crippen molar-refractivity contribution in [3.63, 3.8) is 0 Å². The van der Waals surface area contributed by atoms with Crippen molar-refractivity contribution in [3.8, 4) is 0 Å². The van der Waals surface area contributed by atoms with Crippen molar-refractivity contribution in [1.29, 1.82) is 0 Å². The van der Waals surface area contributed by atoms with Gasteiger partial charge in [-0.15, -0.1) is 0 Å². The number of halogens is 1. The molecule has 0 radical (unpaired) electrons. The van der Waals surface area contributed by atoms with E-state index in [1.54, 1.807) is 0 Å². The summed E-state index contributed by atoms with van der Waals surface area (Å²) in [4.78, 5) is 4.33. The Bertz CT molecular complexity index is 323. The molecule has 3 heteroatoms. The molecule has 0 saturated heterocycles. The minimum Gasteiger partial charge on any atom is -0.334 e. The topological polar surface area (TPSA) is 17.8 Å². The minimum atomic E-state index is 0.327. The van der Waals surface area contributed by atoms with E-state index < -0.39 is 0 Å². The van der Waals surface area contributed by atoms with Gasteiger partial charge in [-0.2, -0.15) is 0 Å². The highest BCUT2D eigenvalue weighted by Crippen LogP contribution is 2.29. The molecular weight excluding hydrogens is 252 g/mol. The fourth-order valence-electron chi connectivity index (χ4n) is 1.52. The Morgan fingerprint density at radius 1 is 1.40 bits per heavy atom. The van der Waals surface area contributed by atoms with Crippen molar-refractivity contribution >= 4 is 15.9 Å². The number of rotatable bonds is 3. The molecule has 0 fully saturated rings. The van der Waals surface area contributed by atoms with Crippen molar-refractivity contribution in [2.75, 3.05) is 5.33 Å². The summed E-state index contributed by atoms with van der Waals surface area (Å²) in [7, 11) is 0. The third-order valence-corrected chi connectivity index (χ3v) is 3.95. The number of imidazole rings is 1. The van der Waals surface area contributed by atoms with E-state index in [4.69, 9.17) is 0 Å². The van der Waals surface area contributed by atoms with Gasteiger partial charge in [0.05, 0.1) is 12.0 Å². The van der Waals surface area contributed by atoms with Crippen molar-refractivity contribution in [2.24, 2.45) is 11.3 Å². The van der Waals surface area contributed by atoms with E-state index >= 15 is 0 Å². The molecule has 1 aromatic rings. The fourth-order valence-corrected chi connectivity index (χ4v) is 2.70. The van der Waals surface area contributed by atoms with Crippen LogP contribution in [0.2, 0.25) is 0 Å². The van der Waals surface area contributed by atoms with E-state index in [2.05, 4.69) is 60.1 Å². The van der Waals surface area contributed by atoms with Crippen LogP contribution >= 0.6 is 15.9 Å². The standard InChI is InChI=1S/C12H21BrN2/c1-9-10(2)15(8-14-9)7-11(6-13)12(3,4)5/h8,11H,6-7H2,1-5H3. The van der Waals surface area contributed by atoms with Crippen molar-refractivity contribution < 1.29 is 0 Å². The van der Waals surface area contributed by atoms with Gasteiger partial charge in [-0.25, -0.2) is 4.98 Å². The molecule has 0 aliphatic heterocycles. The van der Waals surface area contributed by atoms with Gasteiger partial charge in [0.15, 0.2) is 0 Å². The molecule has 0 spiro atoms. The van der Waals surface area contributed by atoms with Gasteiger partial charge in [-0.1, -0.05) is 36.7 Å². The zero-order valence-electron chi connectivity index (χ0n) is 10.3. The summed E-state index contributed by atoms with van der Waals surface area (Å²) in [6.45, 7) is 12.1. The van der Waals surface area contributed by atoms with E-state index in [1.807, 2.05) is 6.33 Å². The highest BCUT2D eigenvalue weighted by atomic mass is 79.9. The molecule has 15 heavy (non-hydrogen) atoms. The smallest absolute Gasteiger partial charge is 0.0951 e. The second-order valence-corrected chi connectivity index (χ2v) is 5.93. The van der Waals surface area contributed by atoms with E-state index in [0.717, 1.165) is 17.6 Å². The molecule has 0 aromatic carbocycles. The lowest BCUT2D eigenvalue weighted by Gasteiger charge is -2.29. The minimum absolute atomic E-state index is 0.327. The third kappa shape index (κ3) is 3.07. The van der Waals surface area contributed by atoms with Gasteiger partial charge in [0.2, 0.25) is 0 Å². The van der Waals surface area contributed by atoms with E-state index in [0.29, 0.717) is 11.3 Å². The van der Waals surface area contributed by atoms with Gasteiger partial charge < -0.3 is 4.57 Å². The van der Waals surface area contributed by atoms with Crippen LogP contribution < -0.4 is 0 Å². The molecular formula is C12H21BrN2. The molecule has 0 aliphatic rings. The average Bonchev–Trinajstić information content (AvgIpc) is 2.43. The number of hydrogen-bond donors (Lipinski definition) is 0. The second-order valence-electron chi connectivity index (χ2n) is 5.29. The first-order chi connectivity index (χ1) is 6.86. The first-order valence-corrected chi connectivity index (χ1v) is 6.52. The van der Waals surface area contributed by atoms with Crippen LogP contribution in [0.5, 0.6) is 0 Å². The van der Waals surface area contributed by atoms with Crippen molar-refractivity contribution in [2.45, 2.75) is 41.2 Å². The Morgan fingerprint density at radius 3 is 2.33 bits per heavy atom. The molecule has 0 aliphatic carbocycles. The van der Waals surface area contributed by atoms with Crippen LogP contribution in [0, 0.1) is 25.2 Å². The van der Waals surface area contributed by atoms with E-state index in [-0.39, 0.29) is 0 Å². The molecule has 0 N–H and O–H groups in total. The normalized spacial score (nSPS) is 14.3. The highest BCUT2D eigenvalue weighted by Gasteiger charge is 2.24. The quantitative estimate of drug-likeness (QED) is 0.770. The Labute approximate surface area is 101 Å². The molecule has 1 rings (SSSR count). The van der Waals surface area contributed by atoms with Crippen LogP contribution in [0.25, 0.3) is 0 Å². The summed E-state index contributed by atoms with van der Waals surface area (Å²) < 4.78 is 2.26. The van der Waals surface area contributed by atoms with Crippen LogP contribution in [-0.4, -0.2) is 14.9 Å². The summed E-state index contributed by atoms with van der Waals surface area (Å²) in [5.41, 5.74) is 2.75. The summed E-state index contributed by atoms with van der Waals surface area (Å²) >= 11 is 3.61. The van der Waals surface area contributed by atoms with Crippen LogP contribution in [0.4, 0.5) is 0 Å². The summed E-state index contributed by atoms with van der Waals surface area (Å²) in [6, 6.07) is 0. The maximum absolute atomic E-state index is 4.33. The maximum Gasteiger partial charge on any atom is 0.0951 e. The summed E-state index contributed by atoms with van der Waals surface area (Å²) in [5.74, 6) is 0.629. The molecule has 1 unspecified atom stereocenters. The number of alkyl halides is 1. The molecule has 1 aromatic heterocycles. The van der Waals surface area contributed by atoms with Crippen LogP contribution in [0.15, 0.2) is 6.33 Å². The fraction of sp³-hybridized carbons (Fsp3) is 0.750. The van der Waals surface area contributed by atoms with Gasteiger partial charge in [0, 0.05) is 17.6 Å². The van der Waals surface area contributed by atoms with Crippen molar-refractivity contribution in [3.05, 3.63) is 17.7 Å². The van der Waals surface area contributed by atoms with Crippen LogP contribution in [-0.2, 0) is 6.54 Å². The summed E-state index contributed by atoms with van der Waals surface area (Å²) in [6.07, 6.45) is 1.95. The number of aryl methyl sites for hydroxylation is 1. The van der Waals surface area contributed by atoms with E-state index in [1.165, 1.54) is 5.69 Å². The molecule has 2 nitrogen and oxygen atoms in total.